The molecule has 0 spiro atoms. The zero-order chi connectivity index (χ0) is 21.6. The Morgan fingerprint density at radius 1 is 0.931 bits per heavy atom. The largest absolute Gasteiger partial charge is 0.448 e. The molecule has 0 aliphatic carbocycles. The molecule has 2 rings (SSSR count). The molecule has 0 radical (unpaired) electrons. The summed E-state index contributed by atoms with van der Waals surface area (Å²) < 4.78 is 11.4. The number of hydrogen-bond donors (Lipinski definition) is 4. The third kappa shape index (κ3) is 11.6. The SMILES string of the molecule is CC(=O)N/N=C/c1ccc(Br)o1.NNC(=O)CCC(=O)N/N=C/c1ccc(Br)o1. The van der Waals surface area contributed by atoms with Gasteiger partial charge < -0.3 is 8.83 Å². The van der Waals surface area contributed by atoms with Gasteiger partial charge in [0.25, 0.3) is 0 Å². The van der Waals surface area contributed by atoms with Crippen molar-refractivity contribution in [3.8, 4) is 0 Å². The van der Waals surface area contributed by atoms with Crippen LogP contribution in [0.3, 0.4) is 0 Å². The van der Waals surface area contributed by atoms with E-state index in [9.17, 15) is 14.4 Å². The standard InChI is InChI=1S/C9H11BrN4O3.C7H7BrN2O2/c10-7-2-1-6(17-7)5-12-14-9(16)4-3-8(15)13-11;1-5(11)10-9-4-6-2-3-7(8)12-6/h1-2,5H,3-4,11H2,(H,13,15)(H,14,16);2-4H,1H3,(H,10,11)/b12-5+;9-4+. The summed E-state index contributed by atoms with van der Waals surface area (Å²) in [5, 5.41) is 7.27. The second-order valence-corrected chi connectivity index (χ2v) is 6.63. The van der Waals surface area contributed by atoms with Crippen molar-refractivity contribution in [1.82, 2.24) is 16.3 Å². The van der Waals surface area contributed by atoms with Crippen molar-refractivity contribution in [3.63, 3.8) is 0 Å². The highest BCUT2D eigenvalue weighted by Gasteiger charge is 2.04. The maximum atomic E-state index is 11.2. The normalized spacial score (nSPS) is 10.5. The van der Waals surface area contributed by atoms with Crippen LogP contribution in [0.5, 0.6) is 0 Å². The van der Waals surface area contributed by atoms with Crippen molar-refractivity contribution < 1.29 is 23.2 Å². The van der Waals surface area contributed by atoms with Gasteiger partial charge in [0.2, 0.25) is 17.7 Å². The van der Waals surface area contributed by atoms with Crippen LogP contribution in [0.1, 0.15) is 31.3 Å². The molecule has 0 aliphatic heterocycles. The number of nitrogens with two attached hydrogens (primary N) is 1. The van der Waals surface area contributed by atoms with Crippen molar-refractivity contribution >= 4 is 62.0 Å². The minimum atomic E-state index is -0.404. The number of hydrazone groups is 2. The first kappa shape index (κ1) is 24.3. The average Bonchev–Trinajstić information content (AvgIpc) is 3.28. The summed E-state index contributed by atoms with van der Waals surface area (Å²) in [6.07, 6.45) is 2.81. The molecular weight excluding hydrogens is 516 g/mol. The van der Waals surface area contributed by atoms with Gasteiger partial charge in [-0.25, -0.2) is 16.7 Å². The smallest absolute Gasteiger partial charge is 0.240 e. The lowest BCUT2D eigenvalue weighted by Crippen LogP contribution is -2.31. The Balaban J connectivity index is 0.000000308. The number of rotatable bonds is 7. The molecule has 0 atom stereocenters. The molecule has 0 saturated carbocycles. The number of hydrogen-bond acceptors (Lipinski definition) is 8. The van der Waals surface area contributed by atoms with Crippen LogP contribution in [0.15, 0.2) is 52.6 Å². The van der Waals surface area contributed by atoms with Crippen LogP contribution in [-0.4, -0.2) is 30.2 Å². The fourth-order valence-corrected chi connectivity index (χ4v) is 2.14. The zero-order valence-electron chi connectivity index (χ0n) is 15.1. The predicted octanol–water partition coefficient (Wildman–Crippen LogP) is 1.77. The Kier molecular flexibility index (Phi) is 11.2. The van der Waals surface area contributed by atoms with E-state index < -0.39 is 5.91 Å². The maximum absolute atomic E-state index is 11.2. The van der Waals surface area contributed by atoms with Crippen LogP contribution in [0.25, 0.3) is 0 Å². The lowest BCUT2D eigenvalue weighted by molar-refractivity contribution is -0.126. The van der Waals surface area contributed by atoms with E-state index in [1.165, 1.54) is 19.4 Å². The third-order valence-electron chi connectivity index (χ3n) is 2.72. The number of carbonyl (C=O) groups is 3. The van der Waals surface area contributed by atoms with Gasteiger partial charge in [-0.1, -0.05) is 0 Å². The first-order chi connectivity index (χ1) is 13.8. The Bertz CT molecular complexity index is 877. The summed E-state index contributed by atoms with van der Waals surface area (Å²) in [5.41, 5.74) is 6.44. The van der Waals surface area contributed by atoms with Crippen LogP contribution in [-0.2, 0) is 14.4 Å². The van der Waals surface area contributed by atoms with E-state index in [4.69, 9.17) is 14.7 Å². The molecule has 0 aromatic carbocycles. The third-order valence-corrected chi connectivity index (χ3v) is 3.58. The molecule has 5 N–H and O–H groups in total. The van der Waals surface area contributed by atoms with E-state index in [1.54, 1.807) is 24.3 Å². The second kappa shape index (κ2) is 13.4. The molecule has 0 saturated heterocycles. The van der Waals surface area contributed by atoms with Gasteiger partial charge in [-0.15, -0.1) is 0 Å². The number of halogens is 2. The van der Waals surface area contributed by atoms with Crippen LogP contribution in [0.2, 0.25) is 0 Å². The summed E-state index contributed by atoms with van der Waals surface area (Å²) in [6.45, 7) is 1.38. The summed E-state index contributed by atoms with van der Waals surface area (Å²) in [6, 6.07) is 6.86. The van der Waals surface area contributed by atoms with Crippen LogP contribution in [0, 0.1) is 0 Å². The van der Waals surface area contributed by atoms with Gasteiger partial charge in [0.05, 0.1) is 12.4 Å². The molecule has 0 bridgehead atoms. The highest BCUT2D eigenvalue weighted by molar-refractivity contribution is 9.10. The molecule has 2 aromatic heterocycles. The molecular formula is C16H18Br2N6O5. The van der Waals surface area contributed by atoms with E-state index in [0.717, 1.165) is 0 Å². The van der Waals surface area contributed by atoms with E-state index in [0.29, 0.717) is 20.9 Å². The number of hydrazine groups is 1. The molecule has 0 aliphatic rings. The lowest BCUT2D eigenvalue weighted by atomic mass is 10.3. The number of amides is 3. The molecule has 29 heavy (non-hydrogen) atoms. The average molecular weight is 534 g/mol. The minimum absolute atomic E-state index is 0.0161. The van der Waals surface area contributed by atoms with Gasteiger partial charge in [0.15, 0.2) is 9.34 Å². The highest BCUT2D eigenvalue weighted by atomic mass is 79.9. The predicted molar refractivity (Wildman–Crippen MR) is 112 cm³/mol. The van der Waals surface area contributed by atoms with E-state index in [-0.39, 0.29) is 24.7 Å². The minimum Gasteiger partial charge on any atom is -0.448 e. The fourth-order valence-electron chi connectivity index (χ4n) is 1.51. The van der Waals surface area contributed by atoms with Crippen molar-refractivity contribution in [2.45, 2.75) is 19.8 Å². The number of furan rings is 2. The van der Waals surface area contributed by atoms with Crippen LogP contribution < -0.4 is 22.1 Å². The summed E-state index contributed by atoms with van der Waals surface area (Å²) in [5.74, 6) is 4.94. The Morgan fingerprint density at radius 3 is 1.83 bits per heavy atom. The number of carbonyl (C=O) groups excluding carboxylic acids is 3. The van der Waals surface area contributed by atoms with Gasteiger partial charge in [0, 0.05) is 19.8 Å². The zero-order valence-corrected chi connectivity index (χ0v) is 18.3. The van der Waals surface area contributed by atoms with E-state index in [2.05, 4.69) is 52.9 Å². The van der Waals surface area contributed by atoms with Gasteiger partial charge in [-0.05, 0) is 56.1 Å². The second-order valence-electron chi connectivity index (χ2n) is 5.07. The summed E-state index contributed by atoms with van der Waals surface area (Å²) in [7, 11) is 0. The van der Waals surface area contributed by atoms with Gasteiger partial charge >= 0.3 is 0 Å². The number of nitrogens with zero attached hydrogens (tertiary/aromatic N) is 2. The number of nitrogens with one attached hydrogen (secondary N) is 3. The molecule has 3 amide bonds. The Hall–Kier alpha value is -2.77. The van der Waals surface area contributed by atoms with Crippen molar-refractivity contribution in [2.24, 2.45) is 16.0 Å². The van der Waals surface area contributed by atoms with Crippen molar-refractivity contribution in [3.05, 3.63) is 45.1 Å². The first-order valence-corrected chi connectivity index (χ1v) is 9.50. The fraction of sp³-hybridized carbons (Fsp3) is 0.188. The molecule has 13 heteroatoms. The molecule has 0 unspecified atom stereocenters. The van der Waals surface area contributed by atoms with E-state index >= 15 is 0 Å². The van der Waals surface area contributed by atoms with Crippen LogP contribution >= 0.6 is 31.9 Å². The van der Waals surface area contributed by atoms with Crippen LogP contribution in [0.4, 0.5) is 0 Å². The van der Waals surface area contributed by atoms with Gasteiger partial charge in [-0.3, -0.25) is 19.8 Å². The molecule has 156 valence electrons. The van der Waals surface area contributed by atoms with E-state index in [1.807, 2.05) is 5.43 Å². The Morgan fingerprint density at radius 2 is 1.41 bits per heavy atom. The topological polar surface area (TPSA) is 164 Å². The maximum Gasteiger partial charge on any atom is 0.240 e. The molecule has 2 heterocycles. The summed E-state index contributed by atoms with van der Waals surface area (Å²) >= 11 is 6.27. The monoisotopic (exact) mass is 532 g/mol. The van der Waals surface area contributed by atoms with Crippen molar-refractivity contribution in [1.29, 1.82) is 0 Å². The molecule has 11 nitrogen and oxygen atoms in total. The lowest BCUT2D eigenvalue weighted by Gasteiger charge is -1.98. The van der Waals surface area contributed by atoms with Gasteiger partial charge in [0.1, 0.15) is 11.5 Å². The molecule has 0 fully saturated rings. The summed E-state index contributed by atoms with van der Waals surface area (Å²) in [4.78, 5) is 32.3. The van der Waals surface area contributed by atoms with Crippen molar-refractivity contribution in [2.75, 3.05) is 0 Å². The quantitative estimate of drug-likeness (QED) is 0.183. The first-order valence-electron chi connectivity index (χ1n) is 7.91. The molecule has 2 aromatic rings. The Labute approximate surface area is 182 Å². The highest BCUT2D eigenvalue weighted by Crippen LogP contribution is 2.12. The van der Waals surface area contributed by atoms with Gasteiger partial charge in [-0.2, -0.15) is 10.2 Å².